The highest BCUT2D eigenvalue weighted by molar-refractivity contribution is 8.21. The largest absolute Gasteiger partial charge is 0.465 e. The van der Waals surface area contributed by atoms with Gasteiger partial charge in [-0.05, 0) is 66.5 Å². The molecule has 5 heteroatoms. The molecule has 130 valence electrons. The van der Waals surface area contributed by atoms with Gasteiger partial charge in [0.25, 0.3) is 0 Å². The quantitative estimate of drug-likeness (QED) is 0.309. The molecule has 0 spiro atoms. The third kappa shape index (κ3) is 8.07. The predicted molar refractivity (Wildman–Crippen MR) is 101 cm³/mol. The number of benzene rings is 1. The Bertz CT molecular complexity index is 484. The maximum atomic E-state index is 6.19. The van der Waals surface area contributed by atoms with Gasteiger partial charge in [-0.2, -0.15) is 5.11 Å². The second-order valence-corrected chi connectivity index (χ2v) is 7.20. The minimum atomic E-state index is -0.618. The number of azo groups is 1. The van der Waals surface area contributed by atoms with Crippen LogP contribution in [-0.2, 0) is 0 Å². The van der Waals surface area contributed by atoms with E-state index in [9.17, 15) is 0 Å². The molecule has 0 heterocycles. The van der Waals surface area contributed by atoms with Gasteiger partial charge >= 0.3 is 0 Å². The zero-order valence-corrected chi connectivity index (χ0v) is 16.3. The topological polar surface area (TPSA) is 34.0 Å². The molecular formula is C18H29ClN2OS. The summed E-state index contributed by atoms with van der Waals surface area (Å²) in [6, 6.07) is 8.02. The molecule has 1 aromatic carbocycles. The molecule has 23 heavy (non-hydrogen) atoms. The molecule has 0 radical (unpaired) electrons. The Morgan fingerprint density at radius 3 is 2.70 bits per heavy atom. The molecular weight excluding hydrogens is 328 g/mol. The van der Waals surface area contributed by atoms with Crippen molar-refractivity contribution in [3.8, 4) is 5.75 Å². The molecule has 0 aliphatic rings. The van der Waals surface area contributed by atoms with E-state index in [0.29, 0.717) is 0 Å². The van der Waals surface area contributed by atoms with Crippen molar-refractivity contribution in [3.05, 3.63) is 24.3 Å². The third-order valence-electron chi connectivity index (χ3n) is 3.78. The lowest BCUT2D eigenvalue weighted by Gasteiger charge is -2.26. The van der Waals surface area contributed by atoms with Gasteiger partial charge in [0.1, 0.15) is 5.75 Å². The fourth-order valence-electron chi connectivity index (χ4n) is 2.14. The van der Waals surface area contributed by atoms with E-state index < -0.39 is 5.72 Å². The van der Waals surface area contributed by atoms with Crippen LogP contribution in [0, 0.1) is 0 Å². The Hall–Kier alpha value is -0.740. The van der Waals surface area contributed by atoms with Gasteiger partial charge in [-0.25, -0.2) is 0 Å². The summed E-state index contributed by atoms with van der Waals surface area (Å²) in [6.45, 7) is 8.43. The standard InChI is InChI=1S/C18H29ClN2OS/c1-5-7-8-9-13-18(4,21-20-15(3)6-2)22-16-11-10-12-17(14-16)23-19/h10-12,14-15H,5-9,13H2,1-4H3. The van der Waals surface area contributed by atoms with Crippen LogP contribution >= 0.6 is 21.7 Å². The van der Waals surface area contributed by atoms with Crippen molar-refractivity contribution in [1.82, 2.24) is 0 Å². The zero-order valence-electron chi connectivity index (χ0n) is 14.7. The van der Waals surface area contributed by atoms with Crippen LogP contribution in [0.1, 0.15) is 66.2 Å². The summed E-state index contributed by atoms with van der Waals surface area (Å²) in [5, 5.41) is 8.96. The van der Waals surface area contributed by atoms with Gasteiger partial charge in [-0.15, -0.1) is 5.11 Å². The first-order valence-electron chi connectivity index (χ1n) is 8.52. The fraction of sp³-hybridized carbons (Fsp3) is 0.667. The van der Waals surface area contributed by atoms with Crippen LogP contribution in [0.25, 0.3) is 0 Å². The van der Waals surface area contributed by atoms with Crippen molar-refractivity contribution < 1.29 is 4.74 Å². The minimum Gasteiger partial charge on any atom is -0.465 e. The van der Waals surface area contributed by atoms with Crippen LogP contribution in [0.15, 0.2) is 39.4 Å². The lowest BCUT2D eigenvalue weighted by molar-refractivity contribution is 0.0755. The lowest BCUT2D eigenvalue weighted by atomic mass is 10.1. The number of hydrogen-bond acceptors (Lipinski definition) is 4. The van der Waals surface area contributed by atoms with Crippen molar-refractivity contribution >= 4 is 21.7 Å². The van der Waals surface area contributed by atoms with Crippen LogP contribution in [0.4, 0.5) is 0 Å². The van der Waals surface area contributed by atoms with E-state index >= 15 is 0 Å². The smallest absolute Gasteiger partial charge is 0.216 e. The van der Waals surface area contributed by atoms with E-state index in [2.05, 4.69) is 31.0 Å². The maximum absolute atomic E-state index is 6.19. The molecule has 0 bridgehead atoms. The van der Waals surface area contributed by atoms with Gasteiger partial charge < -0.3 is 4.74 Å². The van der Waals surface area contributed by atoms with Gasteiger partial charge in [-0.1, -0.05) is 39.2 Å². The maximum Gasteiger partial charge on any atom is 0.216 e. The second-order valence-electron chi connectivity index (χ2n) is 6.11. The normalized spacial score (nSPS) is 15.5. The minimum absolute atomic E-state index is 0.221. The van der Waals surface area contributed by atoms with Gasteiger partial charge in [0.05, 0.1) is 6.04 Å². The molecule has 0 amide bonds. The summed E-state index contributed by atoms with van der Waals surface area (Å²) >= 11 is 0. The number of unbranched alkanes of at least 4 members (excludes halogenated alkanes) is 3. The molecule has 0 aliphatic carbocycles. The van der Waals surface area contributed by atoms with Crippen LogP contribution < -0.4 is 4.74 Å². The first-order chi connectivity index (χ1) is 11.0. The molecule has 0 fully saturated rings. The second kappa shape index (κ2) is 10.9. The summed E-state index contributed by atoms with van der Waals surface area (Å²) in [7, 11) is 7.02. The van der Waals surface area contributed by atoms with Gasteiger partial charge in [0.2, 0.25) is 5.72 Å². The van der Waals surface area contributed by atoms with Crippen molar-refractivity contribution in [2.45, 2.75) is 82.9 Å². The van der Waals surface area contributed by atoms with Gasteiger partial charge in [0.15, 0.2) is 0 Å². The molecule has 2 unspecified atom stereocenters. The monoisotopic (exact) mass is 356 g/mol. The van der Waals surface area contributed by atoms with Crippen molar-refractivity contribution in [1.29, 1.82) is 0 Å². The Kier molecular flexibility index (Phi) is 9.65. The Labute approximate surface area is 149 Å². The van der Waals surface area contributed by atoms with Crippen LogP contribution in [0.2, 0.25) is 0 Å². The van der Waals surface area contributed by atoms with Crippen LogP contribution in [-0.4, -0.2) is 11.8 Å². The highest BCUT2D eigenvalue weighted by Crippen LogP contribution is 2.30. The van der Waals surface area contributed by atoms with E-state index in [-0.39, 0.29) is 6.04 Å². The summed E-state index contributed by atoms with van der Waals surface area (Å²) < 4.78 is 6.19. The van der Waals surface area contributed by atoms with E-state index in [0.717, 1.165) is 29.9 Å². The molecule has 0 saturated heterocycles. The molecule has 0 aliphatic heterocycles. The lowest BCUT2D eigenvalue weighted by Crippen LogP contribution is -2.30. The van der Waals surface area contributed by atoms with Crippen molar-refractivity contribution in [3.63, 3.8) is 0 Å². The van der Waals surface area contributed by atoms with E-state index in [1.165, 1.54) is 30.2 Å². The SMILES string of the molecule is CCCCCCC(C)(N=NC(C)CC)Oc1cccc(SCl)c1. The van der Waals surface area contributed by atoms with Gasteiger partial charge in [0, 0.05) is 11.3 Å². The summed E-state index contributed by atoms with van der Waals surface area (Å²) in [4.78, 5) is 0.969. The molecule has 1 aromatic rings. The molecule has 3 nitrogen and oxygen atoms in total. The fourth-order valence-corrected chi connectivity index (χ4v) is 2.72. The van der Waals surface area contributed by atoms with Crippen molar-refractivity contribution in [2.24, 2.45) is 10.2 Å². The molecule has 0 aromatic heterocycles. The van der Waals surface area contributed by atoms with E-state index in [1.807, 2.05) is 31.2 Å². The highest BCUT2D eigenvalue weighted by atomic mass is 35.7. The molecule has 0 saturated carbocycles. The number of hydrogen-bond donors (Lipinski definition) is 0. The van der Waals surface area contributed by atoms with Gasteiger partial charge in [-0.3, -0.25) is 0 Å². The first kappa shape index (κ1) is 20.3. The first-order valence-corrected chi connectivity index (χ1v) is 10.2. The zero-order chi connectivity index (χ0) is 17.1. The molecule has 2 atom stereocenters. The average molecular weight is 357 g/mol. The number of rotatable bonds is 11. The number of ether oxygens (including phenoxy) is 1. The summed E-state index contributed by atoms with van der Waals surface area (Å²) in [5.41, 5.74) is -0.618. The number of halogens is 1. The van der Waals surface area contributed by atoms with Crippen molar-refractivity contribution in [2.75, 3.05) is 0 Å². The van der Waals surface area contributed by atoms with E-state index in [1.54, 1.807) is 0 Å². The molecule has 1 rings (SSSR count). The average Bonchev–Trinajstić information content (AvgIpc) is 2.57. The highest BCUT2D eigenvalue weighted by Gasteiger charge is 2.26. The van der Waals surface area contributed by atoms with E-state index in [4.69, 9.17) is 15.4 Å². The number of nitrogens with zero attached hydrogens (tertiary/aromatic N) is 2. The Morgan fingerprint density at radius 2 is 2.04 bits per heavy atom. The predicted octanol–water partition coefficient (Wildman–Crippen LogP) is 7.25. The van der Waals surface area contributed by atoms with Crippen LogP contribution in [0.3, 0.4) is 0 Å². The Balaban J connectivity index is 2.81. The molecule has 0 N–H and O–H groups in total. The Morgan fingerprint density at radius 1 is 1.26 bits per heavy atom. The van der Waals surface area contributed by atoms with Crippen LogP contribution in [0.5, 0.6) is 5.75 Å². The summed E-state index contributed by atoms with van der Waals surface area (Å²) in [6.07, 6.45) is 6.61. The summed E-state index contributed by atoms with van der Waals surface area (Å²) in [5.74, 6) is 0.789. The third-order valence-corrected chi connectivity index (χ3v) is 4.75.